The Bertz CT molecular complexity index is 630. The third-order valence-electron chi connectivity index (χ3n) is 6.43. The van der Waals surface area contributed by atoms with Gasteiger partial charge in [0, 0.05) is 12.6 Å². The number of hydrogen-bond donors (Lipinski definition) is 1. The average molecular weight is 345 g/mol. The Hall–Kier alpha value is -1.44. The summed E-state index contributed by atoms with van der Waals surface area (Å²) in [6.07, 6.45) is 8.56. The van der Waals surface area contributed by atoms with Crippen LogP contribution in [0.25, 0.3) is 0 Å². The Morgan fingerprint density at radius 3 is 2.64 bits per heavy atom. The van der Waals surface area contributed by atoms with Crippen molar-refractivity contribution in [2.75, 3.05) is 31.1 Å². The van der Waals surface area contributed by atoms with E-state index in [1.165, 1.54) is 38.8 Å². The number of fused-ring (bicyclic) bond motifs is 2. The van der Waals surface area contributed by atoms with Gasteiger partial charge in [0.1, 0.15) is 23.9 Å². The number of nitrogens with two attached hydrogens (primary N) is 1. The highest BCUT2D eigenvalue weighted by Gasteiger charge is 2.54. The normalized spacial score (nSPS) is 38.0. The Morgan fingerprint density at radius 1 is 1.12 bits per heavy atom. The summed E-state index contributed by atoms with van der Waals surface area (Å²) in [5.41, 5.74) is 6.20. The Labute approximate surface area is 148 Å². The molecule has 1 aliphatic carbocycles. The van der Waals surface area contributed by atoms with Crippen molar-refractivity contribution in [3.63, 3.8) is 0 Å². The maximum absolute atomic E-state index is 6.35. The van der Waals surface area contributed by atoms with Crippen molar-refractivity contribution in [1.29, 1.82) is 0 Å². The van der Waals surface area contributed by atoms with E-state index in [4.69, 9.17) is 15.2 Å². The number of rotatable bonds is 3. The molecule has 5 fully saturated rings. The van der Waals surface area contributed by atoms with Crippen molar-refractivity contribution < 1.29 is 9.47 Å². The van der Waals surface area contributed by atoms with Crippen LogP contribution in [0.4, 0.5) is 5.82 Å². The minimum Gasteiger partial charge on any atom is -0.474 e. The molecule has 6 rings (SSSR count). The minimum absolute atomic E-state index is 0.145. The molecule has 2 unspecified atom stereocenters. The fourth-order valence-electron chi connectivity index (χ4n) is 5.10. The molecule has 1 spiro atoms. The van der Waals surface area contributed by atoms with Gasteiger partial charge < -0.3 is 19.3 Å². The second-order valence-electron chi connectivity index (χ2n) is 7.99. The molecule has 7 nitrogen and oxygen atoms in total. The molecule has 5 aliphatic rings. The van der Waals surface area contributed by atoms with Crippen molar-refractivity contribution in [3.05, 3.63) is 12.4 Å². The predicted octanol–water partition coefficient (Wildman–Crippen LogP) is 1.34. The average Bonchev–Trinajstić information content (AvgIpc) is 3.24. The molecule has 0 aromatic carbocycles. The molecular weight excluding hydrogens is 318 g/mol. The molecule has 1 saturated carbocycles. The van der Waals surface area contributed by atoms with E-state index in [2.05, 4.69) is 19.8 Å². The summed E-state index contributed by atoms with van der Waals surface area (Å²) in [5, 5.41) is 0. The van der Waals surface area contributed by atoms with E-state index in [0.29, 0.717) is 17.9 Å². The lowest BCUT2D eigenvalue weighted by atomic mass is 9.75. The molecule has 2 bridgehead atoms. The predicted molar refractivity (Wildman–Crippen MR) is 93.2 cm³/mol. The number of ether oxygens (including phenoxy) is 2. The van der Waals surface area contributed by atoms with Crippen LogP contribution in [0.1, 0.15) is 38.5 Å². The Kier molecular flexibility index (Phi) is 3.83. The molecule has 5 heterocycles. The van der Waals surface area contributed by atoms with Crippen LogP contribution in [0.5, 0.6) is 5.88 Å². The quantitative estimate of drug-likeness (QED) is 0.886. The highest BCUT2D eigenvalue weighted by atomic mass is 16.6. The Morgan fingerprint density at radius 2 is 1.92 bits per heavy atom. The molecule has 136 valence electrons. The van der Waals surface area contributed by atoms with Crippen molar-refractivity contribution in [2.24, 2.45) is 11.7 Å². The molecule has 2 N–H and O–H groups in total. The van der Waals surface area contributed by atoms with E-state index in [9.17, 15) is 0 Å². The highest BCUT2D eigenvalue weighted by Crippen LogP contribution is 2.43. The topological polar surface area (TPSA) is 76.7 Å². The first-order valence-electron chi connectivity index (χ1n) is 9.63. The molecule has 7 heteroatoms. The Balaban J connectivity index is 1.34. The zero-order chi connectivity index (χ0) is 16.9. The van der Waals surface area contributed by atoms with Crippen molar-refractivity contribution in [2.45, 2.75) is 56.6 Å². The second kappa shape index (κ2) is 6.07. The zero-order valence-corrected chi connectivity index (χ0v) is 14.6. The summed E-state index contributed by atoms with van der Waals surface area (Å²) < 4.78 is 12.4. The fraction of sp³-hybridized carbons (Fsp3) is 0.778. The van der Waals surface area contributed by atoms with Gasteiger partial charge in [0.2, 0.25) is 5.88 Å². The van der Waals surface area contributed by atoms with Crippen LogP contribution >= 0.6 is 0 Å². The first kappa shape index (κ1) is 15.8. The molecule has 1 aromatic heterocycles. The zero-order valence-electron chi connectivity index (χ0n) is 14.6. The van der Waals surface area contributed by atoms with E-state index in [0.717, 1.165) is 31.7 Å². The van der Waals surface area contributed by atoms with Crippen LogP contribution in [-0.2, 0) is 4.74 Å². The number of aromatic nitrogens is 2. The molecular formula is C18H27N5O2. The monoisotopic (exact) mass is 345 g/mol. The second-order valence-corrected chi connectivity index (χ2v) is 7.99. The van der Waals surface area contributed by atoms with Gasteiger partial charge in [-0.1, -0.05) is 0 Å². The van der Waals surface area contributed by atoms with Gasteiger partial charge in [-0.25, -0.2) is 9.97 Å². The molecule has 4 saturated heterocycles. The van der Waals surface area contributed by atoms with E-state index in [1.54, 1.807) is 6.33 Å². The maximum Gasteiger partial charge on any atom is 0.218 e. The van der Waals surface area contributed by atoms with Gasteiger partial charge in [-0.05, 0) is 57.5 Å². The number of nitrogens with zero attached hydrogens (tertiary/aromatic N) is 4. The van der Waals surface area contributed by atoms with E-state index in [-0.39, 0.29) is 5.60 Å². The summed E-state index contributed by atoms with van der Waals surface area (Å²) >= 11 is 0. The van der Waals surface area contributed by atoms with Gasteiger partial charge in [-0.2, -0.15) is 0 Å². The molecule has 25 heavy (non-hydrogen) atoms. The van der Waals surface area contributed by atoms with Crippen LogP contribution in [0, 0.1) is 5.92 Å². The third-order valence-corrected chi connectivity index (χ3v) is 6.43. The minimum atomic E-state index is -0.449. The van der Waals surface area contributed by atoms with Crippen molar-refractivity contribution >= 4 is 5.82 Å². The van der Waals surface area contributed by atoms with E-state index in [1.807, 2.05) is 6.07 Å². The van der Waals surface area contributed by atoms with Crippen LogP contribution in [0.15, 0.2) is 12.4 Å². The van der Waals surface area contributed by atoms with Gasteiger partial charge in [-0.3, -0.25) is 5.73 Å². The van der Waals surface area contributed by atoms with Crippen molar-refractivity contribution in [3.8, 4) is 5.88 Å². The first-order chi connectivity index (χ1) is 12.2. The highest BCUT2D eigenvalue weighted by molar-refractivity contribution is 5.43. The largest absolute Gasteiger partial charge is 0.474 e. The molecule has 0 amide bonds. The van der Waals surface area contributed by atoms with Crippen LogP contribution < -0.4 is 15.4 Å². The first-order valence-corrected chi connectivity index (χ1v) is 9.63. The lowest BCUT2D eigenvalue weighted by molar-refractivity contribution is -0.137. The summed E-state index contributed by atoms with van der Waals surface area (Å²) in [4.78, 5) is 13.3. The summed E-state index contributed by atoms with van der Waals surface area (Å²) in [5.74, 6) is 2.06. The van der Waals surface area contributed by atoms with Crippen LogP contribution in [-0.4, -0.2) is 59.1 Å². The van der Waals surface area contributed by atoms with E-state index >= 15 is 0 Å². The third kappa shape index (κ3) is 2.78. The van der Waals surface area contributed by atoms with Crippen molar-refractivity contribution in [1.82, 2.24) is 14.9 Å². The number of hydrogen-bond acceptors (Lipinski definition) is 7. The van der Waals surface area contributed by atoms with Crippen LogP contribution in [0.2, 0.25) is 0 Å². The smallest absolute Gasteiger partial charge is 0.218 e. The van der Waals surface area contributed by atoms with Gasteiger partial charge in [-0.15, -0.1) is 0 Å². The maximum atomic E-state index is 6.35. The lowest BCUT2D eigenvalue weighted by Crippen LogP contribution is -2.61. The summed E-state index contributed by atoms with van der Waals surface area (Å²) in [7, 11) is 0. The SMILES string of the molecule is NC1OC2(CN3CCC2CC3)CN1c1cc(OC2CCCC2)ncn1. The molecule has 4 aliphatic heterocycles. The van der Waals surface area contributed by atoms with Gasteiger partial charge >= 0.3 is 0 Å². The molecule has 2 atom stereocenters. The summed E-state index contributed by atoms with van der Waals surface area (Å²) in [6.45, 7) is 4.17. The standard InChI is InChI=1S/C18H27N5O2/c19-17-23(11-18(25-17)10-22-7-5-13(18)6-8-22)15-9-16(21-12-20-15)24-14-3-1-2-4-14/h9,12-14,17H,1-8,10-11,19H2. The fourth-order valence-corrected chi connectivity index (χ4v) is 5.10. The van der Waals surface area contributed by atoms with Crippen LogP contribution in [0.3, 0.4) is 0 Å². The van der Waals surface area contributed by atoms with Gasteiger partial charge in [0.05, 0.1) is 6.54 Å². The molecule has 0 radical (unpaired) electrons. The number of piperidine rings is 3. The van der Waals surface area contributed by atoms with E-state index < -0.39 is 6.35 Å². The molecule has 1 aromatic rings. The van der Waals surface area contributed by atoms with Gasteiger partial charge in [0.25, 0.3) is 0 Å². The summed E-state index contributed by atoms with van der Waals surface area (Å²) in [6, 6.07) is 1.92. The van der Waals surface area contributed by atoms with Gasteiger partial charge in [0.15, 0.2) is 6.35 Å². The number of anilines is 1. The lowest BCUT2D eigenvalue weighted by Gasteiger charge is -2.50.